The second-order valence-corrected chi connectivity index (χ2v) is 4.44. The zero-order valence-corrected chi connectivity index (χ0v) is 12.3. The van der Waals surface area contributed by atoms with Crippen LogP contribution in [0.5, 0.6) is 17.2 Å². The Morgan fingerprint density at radius 3 is 1.95 bits per heavy atom. The van der Waals surface area contributed by atoms with E-state index in [1.54, 1.807) is 21.3 Å². The summed E-state index contributed by atoms with van der Waals surface area (Å²) in [6.45, 7) is 0.111. The Bertz CT molecular complexity index is 407. The van der Waals surface area contributed by atoms with E-state index in [0.717, 1.165) is 11.3 Å². The quantitative estimate of drug-likeness (QED) is 0.816. The van der Waals surface area contributed by atoms with Gasteiger partial charge in [-0.2, -0.15) is 0 Å². The fourth-order valence-electron chi connectivity index (χ4n) is 2.13. The van der Waals surface area contributed by atoms with E-state index in [0.29, 0.717) is 17.9 Å². The number of rotatable bonds is 7. The maximum atomic E-state index is 9.21. The molecule has 1 aromatic rings. The molecule has 1 atom stereocenters. The van der Waals surface area contributed by atoms with Crippen molar-refractivity contribution in [1.82, 2.24) is 4.90 Å². The molecular formula is C14H23NO4. The molecule has 0 amide bonds. The fraction of sp³-hybridized carbons (Fsp3) is 0.571. The Hall–Kier alpha value is -1.46. The standard InChI is InChI=1S/C14H23NO4/c1-15(2)11(6-7-16)10-8-13(18-4)14(19-5)9-12(10)17-3/h8-9,11,16H,6-7H2,1-5H3. The molecule has 19 heavy (non-hydrogen) atoms. The minimum absolute atomic E-state index is 0.0553. The Kier molecular flexibility index (Phi) is 5.92. The van der Waals surface area contributed by atoms with Crippen LogP contribution in [0.15, 0.2) is 12.1 Å². The van der Waals surface area contributed by atoms with Crippen molar-refractivity contribution in [2.24, 2.45) is 0 Å². The Morgan fingerprint density at radius 2 is 1.53 bits per heavy atom. The maximum absolute atomic E-state index is 9.21. The minimum Gasteiger partial charge on any atom is -0.496 e. The fourth-order valence-corrected chi connectivity index (χ4v) is 2.13. The van der Waals surface area contributed by atoms with Crippen LogP contribution in [0, 0.1) is 0 Å². The molecule has 1 aromatic carbocycles. The molecule has 5 heteroatoms. The lowest BCUT2D eigenvalue weighted by Gasteiger charge is -2.26. The molecular weight excluding hydrogens is 246 g/mol. The van der Waals surface area contributed by atoms with Gasteiger partial charge in [0.1, 0.15) is 5.75 Å². The van der Waals surface area contributed by atoms with Crippen molar-refractivity contribution in [1.29, 1.82) is 0 Å². The Morgan fingerprint density at radius 1 is 1.00 bits per heavy atom. The third-order valence-corrected chi connectivity index (χ3v) is 3.12. The van der Waals surface area contributed by atoms with Crippen molar-refractivity contribution in [2.75, 3.05) is 42.0 Å². The number of aliphatic hydroxyl groups excluding tert-OH is 1. The van der Waals surface area contributed by atoms with E-state index in [1.165, 1.54) is 0 Å². The van der Waals surface area contributed by atoms with Crippen molar-refractivity contribution in [3.63, 3.8) is 0 Å². The van der Waals surface area contributed by atoms with Gasteiger partial charge in [-0.05, 0) is 26.6 Å². The van der Waals surface area contributed by atoms with Crippen molar-refractivity contribution in [2.45, 2.75) is 12.5 Å². The first-order valence-corrected chi connectivity index (χ1v) is 6.16. The average molecular weight is 269 g/mol. The van der Waals surface area contributed by atoms with Crippen LogP contribution in [0.4, 0.5) is 0 Å². The molecule has 0 aromatic heterocycles. The van der Waals surface area contributed by atoms with Gasteiger partial charge in [-0.15, -0.1) is 0 Å². The molecule has 0 aliphatic heterocycles. The van der Waals surface area contributed by atoms with Crippen molar-refractivity contribution in [3.8, 4) is 17.2 Å². The van der Waals surface area contributed by atoms with Crippen molar-refractivity contribution in [3.05, 3.63) is 17.7 Å². The number of nitrogens with zero attached hydrogens (tertiary/aromatic N) is 1. The normalized spacial score (nSPS) is 12.4. The molecule has 0 aliphatic carbocycles. The van der Waals surface area contributed by atoms with Crippen LogP contribution in [0.1, 0.15) is 18.0 Å². The smallest absolute Gasteiger partial charge is 0.164 e. The Balaban J connectivity index is 3.30. The zero-order chi connectivity index (χ0) is 14.4. The van der Waals surface area contributed by atoms with Crippen LogP contribution in [0.25, 0.3) is 0 Å². The molecule has 0 radical (unpaired) electrons. The van der Waals surface area contributed by atoms with Crippen LogP contribution in [0.2, 0.25) is 0 Å². The van der Waals surface area contributed by atoms with E-state index < -0.39 is 0 Å². The highest BCUT2D eigenvalue weighted by Gasteiger charge is 2.21. The molecule has 1 rings (SSSR count). The molecule has 0 aliphatic rings. The summed E-state index contributed by atoms with van der Waals surface area (Å²) in [5.41, 5.74) is 0.971. The monoisotopic (exact) mass is 269 g/mol. The van der Waals surface area contributed by atoms with Gasteiger partial charge in [-0.1, -0.05) is 0 Å². The van der Waals surface area contributed by atoms with E-state index in [4.69, 9.17) is 14.2 Å². The van der Waals surface area contributed by atoms with Crippen molar-refractivity contribution < 1.29 is 19.3 Å². The minimum atomic E-state index is 0.0553. The highest BCUT2D eigenvalue weighted by atomic mass is 16.5. The lowest BCUT2D eigenvalue weighted by atomic mass is 10.0. The van der Waals surface area contributed by atoms with Gasteiger partial charge in [0.05, 0.1) is 21.3 Å². The van der Waals surface area contributed by atoms with E-state index in [1.807, 2.05) is 31.1 Å². The highest BCUT2D eigenvalue weighted by molar-refractivity contribution is 5.51. The molecule has 5 nitrogen and oxygen atoms in total. The third-order valence-electron chi connectivity index (χ3n) is 3.12. The average Bonchev–Trinajstić information content (AvgIpc) is 2.42. The predicted molar refractivity (Wildman–Crippen MR) is 74.2 cm³/mol. The van der Waals surface area contributed by atoms with Gasteiger partial charge in [0, 0.05) is 24.3 Å². The second-order valence-electron chi connectivity index (χ2n) is 4.44. The van der Waals surface area contributed by atoms with E-state index in [-0.39, 0.29) is 12.6 Å². The van der Waals surface area contributed by atoms with Gasteiger partial charge in [-0.3, -0.25) is 0 Å². The number of benzene rings is 1. The second kappa shape index (κ2) is 7.21. The summed E-state index contributed by atoms with van der Waals surface area (Å²) in [6, 6.07) is 3.76. The topological polar surface area (TPSA) is 51.2 Å². The number of methoxy groups -OCH3 is 3. The summed E-state index contributed by atoms with van der Waals surface area (Å²) >= 11 is 0. The lowest BCUT2D eigenvalue weighted by molar-refractivity contribution is 0.207. The number of aliphatic hydroxyl groups is 1. The molecule has 1 unspecified atom stereocenters. The van der Waals surface area contributed by atoms with Gasteiger partial charge < -0.3 is 24.2 Å². The first-order chi connectivity index (χ1) is 9.08. The van der Waals surface area contributed by atoms with Crippen molar-refractivity contribution >= 4 is 0 Å². The molecule has 0 bridgehead atoms. The predicted octanol–water partition coefficient (Wildman–Crippen LogP) is 1.70. The first-order valence-electron chi connectivity index (χ1n) is 6.16. The van der Waals surface area contributed by atoms with Gasteiger partial charge in [-0.25, -0.2) is 0 Å². The summed E-state index contributed by atoms with van der Waals surface area (Å²) in [4.78, 5) is 2.04. The van der Waals surface area contributed by atoms with E-state index in [9.17, 15) is 5.11 Å². The molecule has 0 spiro atoms. The van der Waals surface area contributed by atoms with Crippen LogP contribution < -0.4 is 14.2 Å². The lowest BCUT2D eigenvalue weighted by Crippen LogP contribution is -2.21. The highest BCUT2D eigenvalue weighted by Crippen LogP contribution is 2.39. The molecule has 0 heterocycles. The zero-order valence-electron chi connectivity index (χ0n) is 12.3. The van der Waals surface area contributed by atoms with Gasteiger partial charge in [0.15, 0.2) is 11.5 Å². The summed E-state index contributed by atoms with van der Waals surface area (Å²) in [7, 11) is 8.75. The SMILES string of the molecule is COc1cc(OC)c(C(CCO)N(C)C)cc1OC. The van der Waals surface area contributed by atoms with Crippen LogP contribution in [0.3, 0.4) is 0 Å². The van der Waals surface area contributed by atoms with E-state index in [2.05, 4.69) is 0 Å². The summed E-state index contributed by atoms with van der Waals surface area (Å²) in [6.07, 6.45) is 0.624. The van der Waals surface area contributed by atoms with E-state index >= 15 is 0 Å². The summed E-state index contributed by atoms with van der Waals surface area (Å²) in [5, 5.41) is 9.21. The maximum Gasteiger partial charge on any atom is 0.164 e. The molecule has 0 saturated carbocycles. The largest absolute Gasteiger partial charge is 0.496 e. The summed E-state index contributed by atoms with van der Waals surface area (Å²) < 4.78 is 16.0. The molecule has 108 valence electrons. The third kappa shape index (κ3) is 3.52. The molecule has 0 fully saturated rings. The number of ether oxygens (including phenoxy) is 3. The van der Waals surface area contributed by atoms with Gasteiger partial charge in [0.2, 0.25) is 0 Å². The molecule has 0 saturated heterocycles. The molecule has 1 N–H and O–H groups in total. The first kappa shape index (κ1) is 15.6. The van der Waals surface area contributed by atoms with Crippen LogP contribution >= 0.6 is 0 Å². The van der Waals surface area contributed by atoms with Gasteiger partial charge >= 0.3 is 0 Å². The van der Waals surface area contributed by atoms with Crippen LogP contribution in [-0.4, -0.2) is 52.0 Å². The number of hydrogen-bond donors (Lipinski definition) is 1. The number of hydrogen-bond acceptors (Lipinski definition) is 5. The summed E-state index contributed by atoms with van der Waals surface area (Å²) in [5.74, 6) is 2.01. The van der Waals surface area contributed by atoms with Crippen LogP contribution in [-0.2, 0) is 0 Å². The Labute approximate surface area is 114 Å². The van der Waals surface area contributed by atoms with Gasteiger partial charge in [0.25, 0.3) is 0 Å².